The highest BCUT2D eigenvalue weighted by atomic mass is 16.6. The number of hydrogen-bond donors (Lipinski definition) is 2. The van der Waals surface area contributed by atoms with Crippen molar-refractivity contribution in [3.63, 3.8) is 0 Å². The first-order valence-corrected chi connectivity index (χ1v) is 8.25. The predicted molar refractivity (Wildman–Crippen MR) is 95.1 cm³/mol. The van der Waals surface area contributed by atoms with E-state index >= 15 is 0 Å². The summed E-state index contributed by atoms with van der Waals surface area (Å²) in [5.74, 6) is 2.25. The van der Waals surface area contributed by atoms with Crippen LogP contribution >= 0.6 is 0 Å². The third-order valence-electron chi connectivity index (χ3n) is 3.76. The van der Waals surface area contributed by atoms with Gasteiger partial charge in [0.25, 0.3) is 0 Å². The molecule has 1 unspecified atom stereocenters. The fourth-order valence-electron chi connectivity index (χ4n) is 2.50. The third kappa shape index (κ3) is 4.76. The molecule has 1 aliphatic rings. The van der Waals surface area contributed by atoms with Crippen molar-refractivity contribution in [2.45, 2.75) is 6.10 Å². The molecule has 0 spiro atoms. The Morgan fingerprint density at radius 3 is 2.80 bits per heavy atom. The number of pyridine rings is 1. The Labute approximate surface area is 147 Å². The molecule has 7 nitrogen and oxygen atoms in total. The number of ether oxygens (including phenoxy) is 2. The fourth-order valence-corrected chi connectivity index (χ4v) is 2.50. The zero-order valence-corrected chi connectivity index (χ0v) is 14.1. The second-order valence-corrected chi connectivity index (χ2v) is 5.75. The van der Waals surface area contributed by atoms with Gasteiger partial charge in [0.05, 0.1) is 6.54 Å². The molecular weight excluding hydrogens is 320 g/mol. The molecule has 0 saturated heterocycles. The molecule has 1 atom stereocenters. The van der Waals surface area contributed by atoms with E-state index in [1.807, 2.05) is 42.5 Å². The number of anilines is 1. The Morgan fingerprint density at radius 1 is 1.20 bits per heavy atom. The Hall–Kier alpha value is -2.96. The molecule has 1 aromatic carbocycles. The fraction of sp³-hybridized carbons (Fsp3) is 0.333. The number of likely N-dealkylation sites (N-methyl/N-ethyl adjacent to an activating group) is 1. The summed E-state index contributed by atoms with van der Waals surface area (Å²) in [6, 6.07) is 13.0. The first-order valence-electron chi connectivity index (χ1n) is 8.25. The van der Waals surface area contributed by atoms with Crippen molar-refractivity contribution in [2.75, 3.05) is 38.6 Å². The van der Waals surface area contributed by atoms with Gasteiger partial charge in [0, 0.05) is 26.3 Å². The number of nitrogens with zero attached hydrogens (tertiary/aromatic N) is 2. The molecule has 2 N–H and O–H groups in total. The van der Waals surface area contributed by atoms with Crippen LogP contribution in [0.4, 0.5) is 10.6 Å². The second-order valence-electron chi connectivity index (χ2n) is 5.75. The molecule has 0 radical (unpaired) electrons. The summed E-state index contributed by atoms with van der Waals surface area (Å²) in [6.45, 7) is 1.99. The average molecular weight is 342 g/mol. The quantitative estimate of drug-likeness (QED) is 0.785. The van der Waals surface area contributed by atoms with Gasteiger partial charge in [0.2, 0.25) is 0 Å². The van der Waals surface area contributed by atoms with E-state index in [0.717, 1.165) is 11.6 Å². The van der Waals surface area contributed by atoms with E-state index in [-0.39, 0.29) is 12.1 Å². The number of carbonyl (C=O) groups is 1. The molecule has 0 fully saturated rings. The van der Waals surface area contributed by atoms with Gasteiger partial charge in [-0.05, 0) is 24.3 Å². The number of amides is 2. The summed E-state index contributed by atoms with van der Waals surface area (Å²) < 4.78 is 11.5. The highest BCUT2D eigenvalue weighted by molar-refractivity contribution is 5.73. The number of nitrogens with one attached hydrogen (secondary N) is 2. The van der Waals surface area contributed by atoms with Crippen molar-refractivity contribution in [2.24, 2.45) is 0 Å². The normalized spacial score (nSPS) is 15.3. The maximum absolute atomic E-state index is 12.1. The van der Waals surface area contributed by atoms with Crippen molar-refractivity contribution < 1.29 is 14.3 Å². The van der Waals surface area contributed by atoms with Gasteiger partial charge in [-0.1, -0.05) is 18.2 Å². The monoisotopic (exact) mass is 342 g/mol. The summed E-state index contributed by atoms with van der Waals surface area (Å²) >= 11 is 0. The van der Waals surface area contributed by atoms with Gasteiger partial charge in [-0.25, -0.2) is 9.78 Å². The third-order valence-corrected chi connectivity index (χ3v) is 3.76. The molecule has 0 saturated carbocycles. The highest BCUT2D eigenvalue weighted by Crippen LogP contribution is 2.30. The van der Waals surface area contributed by atoms with E-state index in [1.54, 1.807) is 18.1 Å². The predicted octanol–water partition coefficient (Wildman–Crippen LogP) is 1.97. The Balaban J connectivity index is 1.38. The van der Waals surface area contributed by atoms with Crippen molar-refractivity contribution in [3.8, 4) is 11.5 Å². The lowest BCUT2D eigenvalue weighted by atomic mass is 10.2. The molecule has 1 aromatic heterocycles. The Kier molecular flexibility index (Phi) is 5.56. The van der Waals surface area contributed by atoms with E-state index in [0.29, 0.717) is 32.0 Å². The Bertz CT molecular complexity index is 696. The molecular formula is C18H22N4O3. The van der Waals surface area contributed by atoms with Crippen LogP contribution in [0.25, 0.3) is 0 Å². The number of hydrogen-bond acceptors (Lipinski definition) is 5. The SMILES string of the molecule is CN(CC1COc2ccccc2O1)C(=O)NCCNc1ccccn1. The van der Waals surface area contributed by atoms with Crippen molar-refractivity contribution in [1.29, 1.82) is 0 Å². The van der Waals surface area contributed by atoms with E-state index in [2.05, 4.69) is 15.6 Å². The zero-order valence-electron chi connectivity index (χ0n) is 14.1. The van der Waals surface area contributed by atoms with E-state index in [9.17, 15) is 4.79 Å². The molecule has 0 aliphatic carbocycles. The van der Waals surface area contributed by atoms with Crippen LogP contribution in [0, 0.1) is 0 Å². The lowest BCUT2D eigenvalue weighted by molar-refractivity contribution is 0.0716. The summed E-state index contributed by atoms with van der Waals surface area (Å²) in [5, 5.41) is 6.00. The van der Waals surface area contributed by atoms with Gasteiger partial charge in [0.1, 0.15) is 12.4 Å². The minimum absolute atomic E-state index is 0.148. The Morgan fingerprint density at radius 2 is 2.00 bits per heavy atom. The van der Waals surface area contributed by atoms with Gasteiger partial charge >= 0.3 is 6.03 Å². The van der Waals surface area contributed by atoms with Gasteiger partial charge in [-0.3, -0.25) is 0 Å². The van der Waals surface area contributed by atoms with Crippen LogP contribution in [0.1, 0.15) is 0 Å². The number of urea groups is 1. The molecule has 0 bridgehead atoms. The van der Waals surface area contributed by atoms with Gasteiger partial charge in [-0.2, -0.15) is 0 Å². The molecule has 2 heterocycles. The summed E-state index contributed by atoms with van der Waals surface area (Å²) in [5.41, 5.74) is 0. The number of rotatable bonds is 6. The molecule has 2 aromatic rings. The number of para-hydroxylation sites is 2. The number of carbonyl (C=O) groups excluding carboxylic acids is 1. The van der Waals surface area contributed by atoms with Crippen LogP contribution in [-0.4, -0.2) is 55.3 Å². The smallest absolute Gasteiger partial charge is 0.317 e. The van der Waals surface area contributed by atoms with Crippen LogP contribution < -0.4 is 20.1 Å². The first kappa shape index (κ1) is 16.9. The first-order chi connectivity index (χ1) is 12.2. The highest BCUT2D eigenvalue weighted by Gasteiger charge is 2.23. The topological polar surface area (TPSA) is 75.7 Å². The maximum Gasteiger partial charge on any atom is 0.317 e. The van der Waals surface area contributed by atoms with Crippen molar-refractivity contribution in [3.05, 3.63) is 48.7 Å². The lowest BCUT2D eigenvalue weighted by Gasteiger charge is -2.29. The van der Waals surface area contributed by atoms with E-state index in [1.165, 1.54) is 0 Å². The summed E-state index contributed by atoms with van der Waals surface area (Å²) in [4.78, 5) is 17.9. The maximum atomic E-state index is 12.1. The molecule has 7 heteroatoms. The number of aromatic nitrogens is 1. The standard InChI is InChI=1S/C18H22N4O3/c1-22(12-14-13-24-15-6-2-3-7-16(15)25-14)18(23)21-11-10-20-17-8-4-5-9-19-17/h2-9,14H,10-13H2,1H3,(H,19,20)(H,21,23). The van der Waals surface area contributed by atoms with Crippen LogP contribution in [-0.2, 0) is 0 Å². The lowest BCUT2D eigenvalue weighted by Crippen LogP contribution is -2.46. The van der Waals surface area contributed by atoms with Crippen molar-refractivity contribution >= 4 is 11.8 Å². The van der Waals surface area contributed by atoms with E-state index < -0.39 is 0 Å². The molecule has 3 rings (SSSR count). The van der Waals surface area contributed by atoms with Crippen LogP contribution in [0.2, 0.25) is 0 Å². The molecule has 1 aliphatic heterocycles. The molecule has 25 heavy (non-hydrogen) atoms. The second kappa shape index (κ2) is 8.23. The average Bonchev–Trinajstić information content (AvgIpc) is 2.65. The summed E-state index contributed by atoms with van der Waals surface area (Å²) in [6.07, 6.45) is 1.54. The molecule has 132 valence electrons. The number of fused-ring (bicyclic) bond motifs is 1. The van der Waals surface area contributed by atoms with Gasteiger partial charge < -0.3 is 25.0 Å². The summed E-state index contributed by atoms with van der Waals surface area (Å²) in [7, 11) is 1.74. The minimum Gasteiger partial charge on any atom is -0.486 e. The van der Waals surface area contributed by atoms with E-state index in [4.69, 9.17) is 9.47 Å². The largest absolute Gasteiger partial charge is 0.486 e. The zero-order chi connectivity index (χ0) is 17.5. The number of benzene rings is 1. The van der Waals surface area contributed by atoms with Crippen LogP contribution in [0.5, 0.6) is 11.5 Å². The van der Waals surface area contributed by atoms with Crippen LogP contribution in [0.15, 0.2) is 48.7 Å². The molecule has 2 amide bonds. The van der Waals surface area contributed by atoms with Crippen molar-refractivity contribution in [1.82, 2.24) is 15.2 Å². The van der Waals surface area contributed by atoms with Gasteiger partial charge in [0.15, 0.2) is 17.6 Å². The van der Waals surface area contributed by atoms with Gasteiger partial charge in [-0.15, -0.1) is 0 Å². The minimum atomic E-state index is -0.183. The van der Waals surface area contributed by atoms with Crippen LogP contribution in [0.3, 0.4) is 0 Å².